The summed E-state index contributed by atoms with van der Waals surface area (Å²) in [6.45, 7) is 2.18. The first-order chi connectivity index (χ1) is 7.34. The van der Waals surface area contributed by atoms with Crippen molar-refractivity contribution in [1.82, 2.24) is 0 Å². The van der Waals surface area contributed by atoms with E-state index in [1.54, 1.807) is 0 Å². The zero-order valence-electron chi connectivity index (χ0n) is 10.0. The zero-order chi connectivity index (χ0) is 10.5. The van der Waals surface area contributed by atoms with E-state index in [9.17, 15) is 0 Å². The Hall–Kier alpha value is 0.530. The van der Waals surface area contributed by atoms with Crippen LogP contribution in [-0.2, 0) is 6.42 Å². The van der Waals surface area contributed by atoms with Crippen LogP contribution in [0.25, 0.3) is 5.32 Å². The van der Waals surface area contributed by atoms with Crippen LogP contribution >= 0.6 is 12.6 Å². The minimum Gasteiger partial charge on any atom is -0.662 e. The topological polar surface area (TPSA) is 14.1 Å². The first-order valence-electron chi connectivity index (χ1n) is 5.76. The van der Waals surface area contributed by atoms with Gasteiger partial charge in [-0.25, -0.2) is 0 Å². The summed E-state index contributed by atoms with van der Waals surface area (Å²) < 4.78 is 0. The normalized spacial score (nSPS) is 20.2. The van der Waals surface area contributed by atoms with Gasteiger partial charge in [-0.05, 0) is 30.5 Å². The molecule has 0 radical (unpaired) electrons. The summed E-state index contributed by atoms with van der Waals surface area (Å²) in [4.78, 5) is 1.05. The van der Waals surface area contributed by atoms with Gasteiger partial charge in [0.25, 0.3) is 0 Å². The van der Waals surface area contributed by atoms with Crippen LogP contribution in [-0.4, -0.2) is 13.1 Å². The van der Waals surface area contributed by atoms with Crippen molar-refractivity contribution in [2.24, 2.45) is 5.92 Å². The molecule has 0 aliphatic carbocycles. The molecule has 0 aromatic heterocycles. The molecule has 1 aromatic rings. The number of thiol groups is 1. The van der Waals surface area contributed by atoms with Gasteiger partial charge in [0.1, 0.15) is 0 Å². The van der Waals surface area contributed by atoms with Crippen LogP contribution in [0, 0.1) is 5.92 Å². The van der Waals surface area contributed by atoms with Crippen molar-refractivity contribution in [2.45, 2.75) is 30.6 Å². The van der Waals surface area contributed by atoms with Gasteiger partial charge in [-0.3, -0.25) is 0 Å². The van der Waals surface area contributed by atoms with E-state index in [0.29, 0.717) is 0 Å². The average molecular weight is 243 g/mol. The molecule has 1 nitrogen and oxygen atoms in total. The van der Waals surface area contributed by atoms with Gasteiger partial charge in [-0.1, -0.05) is 30.9 Å². The molecule has 1 heterocycles. The summed E-state index contributed by atoms with van der Waals surface area (Å²) in [6, 6.07) is 8.51. The van der Waals surface area contributed by atoms with E-state index in [0.717, 1.165) is 23.9 Å². The SMILES string of the molecule is Sc1ccc(CCC2CCC[N-]C2)cc1.[Na+]. The molecule has 1 aromatic carbocycles. The van der Waals surface area contributed by atoms with Gasteiger partial charge in [0.2, 0.25) is 0 Å². The predicted octanol–water partition coefficient (Wildman–Crippen LogP) is 0.696. The fourth-order valence-electron chi connectivity index (χ4n) is 2.13. The van der Waals surface area contributed by atoms with Crippen LogP contribution in [0.4, 0.5) is 0 Å². The van der Waals surface area contributed by atoms with E-state index in [-0.39, 0.29) is 29.6 Å². The molecule has 0 amide bonds. The van der Waals surface area contributed by atoms with Crippen molar-refractivity contribution in [3.05, 3.63) is 35.1 Å². The molecule has 0 saturated carbocycles. The molecule has 0 bridgehead atoms. The minimum absolute atomic E-state index is 0. The van der Waals surface area contributed by atoms with Gasteiger partial charge < -0.3 is 5.32 Å². The van der Waals surface area contributed by atoms with E-state index in [1.165, 1.54) is 31.2 Å². The smallest absolute Gasteiger partial charge is 0.662 e. The molecule has 1 aliphatic rings. The Bertz CT molecular complexity index is 293. The van der Waals surface area contributed by atoms with Crippen molar-refractivity contribution in [1.29, 1.82) is 0 Å². The molecule has 1 aliphatic heterocycles. The Morgan fingerprint density at radius 3 is 2.62 bits per heavy atom. The Balaban J connectivity index is 0.00000128. The molecule has 0 N–H and O–H groups in total. The van der Waals surface area contributed by atoms with Gasteiger partial charge in [0, 0.05) is 4.90 Å². The molecule has 1 unspecified atom stereocenters. The first kappa shape index (κ1) is 14.6. The standard InChI is InChI=1S/C13H18NS.Na/c15-13-7-5-11(6-8-13)3-4-12-2-1-9-14-10-12;/h5-8,12,15H,1-4,9-10H2;/q-1;+1. The molecule has 1 saturated heterocycles. The maximum Gasteiger partial charge on any atom is 1.00 e. The summed E-state index contributed by atoms with van der Waals surface area (Å²) in [5.74, 6) is 0.828. The number of aryl methyl sites for hydroxylation is 1. The van der Waals surface area contributed by atoms with Crippen LogP contribution in [0.15, 0.2) is 29.2 Å². The Morgan fingerprint density at radius 2 is 2.00 bits per heavy atom. The van der Waals surface area contributed by atoms with E-state index in [1.807, 2.05) is 0 Å². The number of hydrogen-bond donors (Lipinski definition) is 1. The fraction of sp³-hybridized carbons (Fsp3) is 0.538. The second kappa shape index (κ2) is 7.78. The largest absolute Gasteiger partial charge is 1.00 e. The maximum absolute atomic E-state index is 4.47. The molecule has 3 heteroatoms. The molecule has 1 atom stereocenters. The van der Waals surface area contributed by atoms with Gasteiger partial charge in [-0.15, -0.1) is 25.7 Å². The molecule has 82 valence electrons. The number of piperidine rings is 1. The van der Waals surface area contributed by atoms with Crippen LogP contribution in [0.5, 0.6) is 0 Å². The van der Waals surface area contributed by atoms with E-state index >= 15 is 0 Å². The van der Waals surface area contributed by atoms with Crippen LogP contribution in [0.1, 0.15) is 24.8 Å². The number of nitrogens with zero attached hydrogens (tertiary/aromatic N) is 1. The first-order valence-corrected chi connectivity index (χ1v) is 6.20. The Labute approximate surface area is 126 Å². The van der Waals surface area contributed by atoms with E-state index in [4.69, 9.17) is 0 Å². The molecular formula is C13H18NNaS. The third kappa shape index (κ3) is 4.80. The Kier molecular flexibility index (Phi) is 7.09. The third-order valence-corrected chi connectivity index (χ3v) is 3.39. The molecule has 1 fully saturated rings. The van der Waals surface area contributed by atoms with Crippen molar-refractivity contribution in [3.8, 4) is 0 Å². The summed E-state index contributed by atoms with van der Waals surface area (Å²) in [5.41, 5.74) is 1.43. The number of benzene rings is 1. The Morgan fingerprint density at radius 1 is 1.25 bits per heavy atom. The zero-order valence-corrected chi connectivity index (χ0v) is 12.9. The summed E-state index contributed by atoms with van der Waals surface area (Å²) in [5, 5.41) is 4.47. The third-order valence-electron chi connectivity index (χ3n) is 3.09. The fourth-order valence-corrected chi connectivity index (χ4v) is 2.28. The molecule has 2 rings (SSSR count). The summed E-state index contributed by atoms with van der Waals surface area (Å²) in [7, 11) is 0. The molecular weight excluding hydrogens is 225 g/mol. The quantitative estimate of drug-likeness (QED) is 0.593. The van der Waals surface area contributed by atoms with Crippen molar-refractivity contribution in [3.63, 3.8) is 0 Å². The maximum atomic E-state index is 4.47. The summed E-state index contributed by atoms with van der Waals surface area (Å²) in [6.07, 6.45) is 5.14. The average Bonchev–Trinajstić information content (AvgIpc) is 2.30. The van der Waals surface area contributed by atoms with E-state index < -0.39 is 0 Å². The molecule has 16 heavy (non-hydrogen) atoms. The van der Waals surface area contributed by atoms with Gasteiger partial charge >= 0.3 is 29.6 Å². The second-order valence-electron chi connectivity index (χ2n) is 4.34. The van der Waals surface area contributed by atoms with Crippen molar-refractivity contribution in [2.75, 3.05) is 13.1 Å². The number of rotatable bonds is 3. The minimum atomic E-state index is 0. The van der Waals surface area contributed by atoms with Crippen molar-refractivity contribution >= 4 is 12.6 Å². The summed E-state index contributed by atoms with van der Waals surface area (Å²) >= 11 is 4.29. The van der Waals surface area contributed by atoms with Gasteiger partial charge in [0.05, 0.1) is 0 Å². The van der Waals surface area contributed by atoms with Crippen LogP contribution in [0.3, 0.4) is 0 Å². The van der Waals surface area contributed by atoms with Gasteiger partial charge in [0.15, 0.2) is 0 Å². The van der Waals surface area contributed by atoms with Crippen LogP contribution in [0.2, 0.25) is 0 Å². The van der Waals surface area contributed by atoms with E-state index in [2.05, 4.69) is 42.2 Å². The molecule has 0 spiro atoms. The monoisotopic (exact) mass is 243 g/mol. The second-order valence-corrected chi connectivity index (χ2v) is 4.86. The predicted molar refractivity (Wildman–Crippen MR) is 67.8 cm³/mol. The van der Waals surface area contributed by atoms with Crippen LogP contribution < -0.4 is 29.6 Å². The van der Waals surface area contributed by atoms with Crippen molar-refractivity contribution < 1.29 is 29.6 Å². The number of hydrogen-bond acceptors (Lipinski definition) is 1. The van der Waals surface area contributed by atoms with Gasteiger partial charge in [-0.2, -0.15) is 0 Å².